The molecule has 6 heteroatoms. The smallest absolute Gasteiger partial charge is 0.233 e. The average molecular weight is 337 g/mol. The van der Waals surface area contributed by atoms with Gasteiger partial charge in [0.2, 0.25) is 11.8 Å². The van der Waals surface area contributed by atoms with Crippen molar-refractivity contribution in [1.82, 2.24) is 5.32 Å². The minimum Gasteiger partial charge on any atom is -0.497 e. The van der Waals surface area contributed by atoms with Gasteiger partial charge in [0, 0.05) is 12.2 Å². The molecule has 2 aromatic carbocycles. The number of carbonyl (C=O) groups excluding carboxylic acids is 2. The van der Waals surface area contributed by atoms with Crippen LogP contribution in [-0.4, -0.2) is 25.5 Å². The van der Waals surface area contributed by atoms with E-state index >= 15 is 0 Å². The van der Waals surface area contributed by atoms with Crippen molar-refractivity contribution in [3.05, 3.63) is 59.7 Å². The van der Waals surface area contributed by atoms with Crippen molar-refractivity contribution in [1.29, 1.82) is 5.26 Å². The summed E-state index contributed by atoms with van der Waals surface area (Å²) in [4.78, 5) is 23.7. The Hall–Kier alpha value is -3.33. The summed E-state index contributed by atoms with van der Waals surface area (Å²) in [6, 6.07) is 16.1. The number of hydrogen-bond donors (Lipinski definition) is 2. The zero-order valence-corrected chi connectivity index (χ0v) is 13.9. The third kappa shape index (κ3) is 5.99. The summed E-state index contributed by atoms with van der Waals surface area (Å²) in [5, 5.41) is 14.1. The van der Waals surface area contributed by atoms with Crippen molar-refractivity contribution in [2.45, 2.75) is 12.8 Å². The number of amides is 2. The lowest BCUT2D eigenvalue weighted by atomic mass is 10.1. The topological polar surface area (TPSA) is 91.2 Å². The molecule has 0 aliphatic heterocycles. The highest BCUT2D eigenvalue weighted by Gasteiger charge is 2.09. The summed E-state index contributed by atoms with van der Waals surface area (Å²) >= 11 is 0. The van der Waals surface area contributed by atoms with Gasteiger partial charge < -0.3 is 15.4 Å². The Morgan fingerprint density at radius 1 is 1.12 bits per heavy atom. The van der Waals surface area contributed by atoms with Crippen LogP contribution in [0.4, 0.5) is 5.69 Å². The molecule has 0 atom stereocenters. The van der Waals surface area contributed by atoms with E-state index in [1.807, 2.05) is 30.3 Å². The van der Waals surface area contributed by atoms with Crippen LogP contribution in [0, 0.1) is 11.3 Å². The Balaban J connectivity index is 1.75. The van der Waals surface area contributed by atoms with Gasteiger partial charge in [-0.1, -0.05) is 18.2 Å². The van der Waals surface area contributed by atoms with E-state index in [0.717, 1.165) is 11.3 Å². The van der Waals surface area contributed by atoms with Crippen LogP contribution in [0.25, 0.3) is 0 Å². The molecule has 0 heterocycles. The number of carbonyl (C=O) groups is 2. The molecule has 2 rings (SSSR count). The molecule has 25 heavy (non-hydrogen) atoms. The van der Waals surface area contributed by atoms with Crippen LogP contribution in [-0.2, 0) is 16.0 Å². The van der Waals surface area contributed by atoms with Crippen molar-refractivity contribution in [3.8, 4) is 11.8 Å². The second-order valence-electron chi connectivity index (χ2n) is 5.37. The summed E-state index contributed by atoms with van der Waals surface area (Å²) in [5.41, 5.74) is 1.98. The first kappa shape index (κ1) is 18.0. The average Bonchev–Trinajstić information content (AvgIpc) is 2.62. The van der Waals surface area contributed by atoms with Gasteiger partial charge in [-0.25, -0.2) is 0 Å². The summed E-state index contributed by atoms with van der Waals surface area (Å²) in [7, 11) is 1.60. The third-order valence-corrected chi connectivity index (χ3v) is 3.47. The molecule has 2 aromatic rings. The maximum Gasteiger partial charge on any atom is 0.233 e. The van der Waals surface area contributed by atoms with Gasteiger partial charge in [0.15, 0.2) is 0 Å². The van der Waals surface area contributed by atoms with Gasteiger partial charge in [-0.2, -0.15) is 5.26 Å². The molecule has 0 unspecified atom stereocenters. The molecule has 2 amide bonds. The van der Waals surface area contributed by atoms with Gasteiger partial charge in [0.25, 0.3) is 0 Å². The SMILES string of the molecule is COc1cccc(CCNC(=O)CC(=O)Nc2cccc(C#N)c2)c1. The number of rotatable bonds is 7. The predicted octanol–water partition coefficient (Wildman–Crippen LogP) is 2.25. The van der Waals surface area contributed by atoms with Crippen molar-refractivity contribution in [2.24, 2.45) is 0 Å². The highest BCUT2D eigenvalue weighted by atomic mass is 16.5. The molecule has 6 nitrogen and oxygen atoms in total. The fourth-order valence-corrected chi connectivity index (χ4v) is 2.25. The maximum atomic E-state index is 11.9. The van der Waals surface area contributed by atoms with Crippen LogP contribution >= 0.6 is 0 Å². The third-order valence-electron chi connectivity index (χ3n) is 3.47. The lowest BCUT2D eigenvalue weighted by Crippen LogP contribution is -2.29. The normalized spacial score (nSPS) is 9.76. The Kier molecular flexibility index (Phi) is 6.55. The number of methoxy groups -OCH3 is 1. The molecule has 0 radical (unpaired) electrons. The molecular weight excluding hydrogens is 318 g/mol. The zero-order valence-electron chi connectivity index (χ0n) is 13.9. The number of nitrogens with one attached hydrogen (secondary N) is 2. The predicted molar refractivity (Wildman–Crippen MR) is 94.1 cm³/mol. The first-order valence-corrected chi connectivity index (χ1v) is 7.80. The zero-order chi connectivity index (χ0) is 18.1. The molecule has 0 aliphatic carbocycles. The molecule has 0 saturated carbocycles. The van der Waals surface area contributed by atoms with E-state index in [4.69, 9.17) is 10.00 Å². The summed E-state index contributed by atoms with van der Waals surface area (Å²) in [6.45, 7) is 0.434. The molecule has 0 aromatic heterocycles. The Morgan fingerprint density at radius 3 is 2.68 bits per heavy atom. The van der Waals surface area contributed by atoms with Gasteiger partial charge in [-0.3, -0.25) is 9.59 Å². The van der Waals surface area contributed by atoms with Gasteiger partial charge >= 0.3 is 0 Å². The molecule has 0 bridgehead atoms. The highest BCUT2D eigenvalue weighted by molar-refractivity contribution is 6.03. The van der Waals surface area contributed by atoms with E-state index in [1.54, 1.807) is 31.4 Å². The van der Waals surface area contributed by atoms with Crippen LogP contribution in [0.5, 0.6) is 5.75 Å². The van der Waals surface area contributed by atoms with E-state index in [9.17, 15) is 9.59 Å². The molecule has 0 fully saturated rings. The van der Waals surface area contributed by atoms with Crippen molar-refractivity contribution < 1.29 is 14.3 Å². The maximum absolute atomic E-state index is 11.9. The fourth-order valence-electron chi connectivity index (χ4n) is 2.25. The summed E-state index contributed by atoms with van der Waals surface area (Å²) < 4.78 is 5.15. The molecule has 0 spiro atoms. The second kappa shape index (κ2) is 9.08. The first-order valence-electron chi connectivity index (χ1n) is 7.80. The van der Waals surface area contributed by atoms with E-state index in [2.05, 4.69) is 10.6 Å². The van der Waals surface area contributed by atoms with Crippen LogP contribution in [0.2, 0.25) is 0 Å². The van der Waals surface area contributed by atoms with Gasteiger partial charge in [-0.15, -0.1) is 0 Å². The van der Waals surface area contributed by atoms with Crippen LogP contribution in [0.15, 0.2) is 48.5 Å². The first-order chi connectivity index (χ1) is 12.1. The van der Waals surface area contributed by atoms with Gasteiger partial charge in [0.05, 0.1) is 18.7 Å². The van der Waals surface area contributed by atoms with E-state index in [0.29, 0.717) is 24.2 Å². The van der Waals surface area contributed by atoms with E-state index in [-0.39, 0.29) is 12.3 Å². The second-order valence-corrected chi connectivity index (χ2v) is 5.37. The van der Waals surface area contributed by atoms with E-state index in [1.165, 1.54) is 0 Å². The lowest BCUT2D eigenvalue weighted by molar-refractivity contribution is -0.126. The van der Waals surface area contributed by atoms with Gasteiger partial charge in [0.1, 0.15) is 12.2 Å². The van der Waals surface area contributed by atoms with Crippen LogP contribution in [0.1, 0.15) is 17.5 Å². The number of anilines is 1. The van der Waals surface area contributed by atoms with Crippen molar-refractivity contribution >= 4 is 17.5 Å². The minimum atomic E-state index is -0.422. The van der Waals surface area contributed by atoms with E-state index < -0.39 is 5.91 Å². The standard InChI is InChI=1S/C19H19N3O3/c1-25-17-7-3-4-14(11-17)8-9-21-18(23)12-19(24)22-16-6-2-5-15(10-16)13-20/h2-7,10-11H,8-9,12H2,1H3,(H,21,23)(H,22,24). The fraction of sp³-hybridized carbons (Fsp3) is 0.211. The van der Waals surface area contributed by atoms with Crippen LogP contribution < -0.4 is 15.4 Å². The monoisotopic (exact) mass is 337 g/mol. The number of nitrogens with zero attached hydrogens (tertiary/aromatic N) is 1. The van der Waals surface area contributed by atoms with Crippen LogP contribution in [0.3, 0.4) is 0 Å². The number of benzene rings is 2. The number of ether oxygens (including phenoxy) is 1. The summed E-state index contributed by atoms with van der Waals surface area (Å²) in [6.07, 6.45) is 0.379. The molecule has 0 saturated heterocycles. The van der Waals surface area contributed by atoms with Gasteiger partial charge in [-0.05, 0) is 42.3 Å². The number of nitriles is 1. The number of hydrogen-bond acceptors (Lipinski definition) is 4. The minimum absolute atomic E-state index is 0.269. The molecule has 128 valence electrons. The molecular formula is C19H19N3O3. The highest BCUT2D eigenvalue weighted by Crippen LogP contribution is 2.12. The van der Waals surface area contributed by atoms with Crippen molar-refractivity contribution in [2.75, 3.05) is 19.0 Å². The van der Waals surface area contributed by atoms with Crippen molar-refractivity contribution in [3.63, 3.8) is 0 Å². The Bertz CT molecular complexity index is 796. The largest absolute Gasteiger partial charge is 0.497 e. The lowest BCUT2D eigenvalue weighted by Gasteiger charge is -2.08. The molecule has 2 N–H and O–H groups in total. The quantitative estimate of drug-likeness (QED) is 0.758. The Labute approximate surface area is 146 Å². The summed E-state index contributed by atoms with van der Waals surface area (Å²) in [5.74, 6) is -0.00592. The molecule has 0 aliphatic rings. The Morgan fingerprint density at radius 2 is 1.92 bits per heavy atom.